The number of hydrogen-bond donors (Lipinski definition) is 1. The minimum Gasteiger partial charge on any atom is -0.326 e. The van der Waals surface area contributed by atoms with Crippen LogP contribution in [0.1, 0.15) is 17.8 Å². The number of halogens is 1. The highest BCUT2D eigenvalue weighted by molar-refractivity contribution is 7.90. The second-order valence-corrected chi connectivity index (χ2v) is 8.56. The van der Waals surface area contributed by atoms with Gasteiger partial charge in [0.15, 0.2) is 0 Å². The van der Waals surface area contributed by atoms with Crippen LogP contribution in [0.3, 0.4) is 0 Å². The molecule has 0 radical (unpaired) electrons. The van der Waals surface area contributed by atoms with Crippen molar-refractivity contribution < 1.29 is 8.42 Å². The van der Waals surface area contributed by atoms with Crippen molar-refractivity contribution in [2.24, 2.45) is 5.73 Å². The maximum Gasteiger partial charge on any atom is 0.148 e. The van der Waals surface area contributed by atoms with E-state index >= 15 is 0 Å². The van der Waals surface area contributed by atoms with Crippen LogP contribution in [0.2, 0.25) is 4.34 Å². The average Bonchev–Trinajstić information content (AvgIpc) is 2.60. The molecule has 0 aliphatic carbocycles. The third-order valence-corrected chi connectivity index (χ3v) is 4.90. The number of likely N-dealkylation sites (N-methyl/N-ethyl adjacent to an activating group) is 1. The highest BCUT2D eigenvalue weighted by atomic mass is 35.5. The molecule has 2 N–H and O–H groups in total. The molecule has 2 unspecified atom stereocenters. The van der Waals surface area contributed by atoms with Crippen LogP contribution in [0.15, 0.2) is 12.1 Å². The largest absolute Gasteiger partial charge is 0.326 e. The van der Waals surface area contributed by atoms with Gasteiger partial charge in [0.05, 0.1) is 16.1 Å². The van der Waals surface area contributed by atoms with E-state index in [9.17, 15) is 8.42 Å². The standard InChI is InChI=1S/C11H19ClN2O2S2/c1-8(13)11(9-4-5-10(12)17-9)14(2)6-7-18(3,15)16/h4-5,8,11H,6-7,13H2,1-3H3. The summed E-state index contributed by atoms with van der Waals surface area (Å²) in [5, 5.41) is 0. The Morgan fingerprint density at radius 1 is 1.50 bits per heavy atom. The van der Waals surface area contributed by atoms with Crippen molar-refractivity contribution in [2.75, 3.05) is 25.6 Å². The van der Waals surface area contributed by atoms with E-state index < -0.39 is 9.84 Å². The van der Waals surface area contributed by atoms with Gasteiger partial charge < -0.3 is 5.73 Å². The lowest BCUT2D eigenvalue weighted by atomic mass is 10.1. The molecule has 0 bridgehead atoms. The number of thiophene rings is 1. The molecule has 7 heteroatoms. The fraction of sp³-hybridized carbons (Fsp3) is 0.636. The first-order valence-electron chi connectivity index (χ1n) is 5.59. The van der Waals surface area contributed by atoms with Gasteiger partial charge >= 0.3 is 0 Å². The van der Waals surface area contributed by atoms with E-state index in [4.69, 9.17) is 17.3 Å². The van der Waals surface area contributed by atoms with E-state index in [1.54, 1.807) is 0 Å². The highest BCUT2D eigenvalue weighted by Gasteiger charge is 2.23. The third kappa shape index (κ3) is 4.85. The maximum atomic E-state index is 11.2. The first kappa shape index (κ1) is 15.9. The predicted molar refractivity (Wildman–Crippen MR) is 78.1 cm³/mol. The smallest absolute Gasteiger partial charge is 0.148 e. The van der Waals surface area contributed by atoms with Crippen molar-refractivity contribution in [1.82, 2.24) is 4.90 Å². The van der Waals surface area contributed by atoms with Gasteiger partial charge in [0.25, 0.3) is 0 Å². The minimum atomic E-state index is -2.96. The van der Waals surface area contributed by atoms with Crippen molar-refractivity contribution in [3.05, 3.63) is 21.3 Å². The lowest BCUT2D eigenvalue weighted by molar-refractivity contribution is 0.234. The first-order chi connectivity index (χ1) is 8.20. The quantitative estimate of drug-likeness (QED) is 0.869. The zero-order chi connectivity index (χ0) is 13.9. The number of nitrogens with two attached hydrogens (primary N) is 1. The van der Waals surface area contributed by atoms with Crippen molar-refractivity contribution in [3.63, 3.8) is 0 Å². The van der Waals surface area contributed by atoms with Crippen molar-refractivity contribution in [2.45, 2.75) is 19.0 Å². The molecule has 0 aliphatic heterocycles. The van der Waals surface area contributed by atoms with Gasteiger partial charge in [-0.1, -0.05) is 11.6 Å². The molecule has 4 nitrogen and oxygen atoms in total. The Balaban J connectivity index is 2.79. The minimum absolute atomic E-state index is 0.00995. The van der Waals surface area contributed by atoms with Gasteiger partial charge in [-0.3, -0.25) is 4.90 Å². The molecule has 0 saturated carbocycles. The van der Waals surface area contributed by atoms with Crippen molar-refractivity contribution >= 4 is 32.8 Å². The average molecular weight is 311 g/mol. The van der Waals surface area contributed by atoms with Gasteiger partial charge in [0.2, 0.25) is 0 Å². The molecule has 1 rings (SSSR count). The van der Waals surface area contributed by atoms with Crippen LogP contribution in [-0.4, -0.2) is 45.0 Å². The van der Waals surface area contributed by atoms with Crippen molar-refractivity contribution in [1.29, 1.82) is 0 Å². The van der Waals surface area contributed by atoms with Crippen LogP contribution in [0.25, 0.3) is 0 Å². The van der Waals surface area contributed by atoms with Crippen molar-refractivity contribution in [3.8, 4) is 0 Å². The lowest BCUT2D eigenvalue weighted by Gasteiger charge is -2.30. The molecule has 0 aliphatic rings. The molecule has 0 saturated heterocycles. The van der Waals surface area contributed by atoms with Crippen LogP contribution < -0.4 is 5.73 Å². The molecule has 1 heterocycles. The second kappa shape index (κ2) is 6.34. The molecule has 0 fully saturated rings. The SMILES string of the molecule is CC(N)C(c1ccc(Cl)s1)N(C)CCS(C)(=O)=O. The normalized spacial score (nSPS) is 15.9. The molecule has 0 spiro atoms. The summed E-state index contributed by atoms with van der Waals surface area (Å²) in [5.74, 6) is 0.131. The summed E-state index contributed by atoms with van der Waals surface area (Å²) in [5.41, 5.74) is 5.99. The Morgan fingerprint density at radius 2 is 2.11 bits per heavy atom. The van der Waals surface area contributed by atoms with Gasteiger partial charge in [-0.15, -0.1) is 11.3 Å². The fourth-order valence-electron chi connectivity index (χ4n) is 1.81. The Kier molecular flexibility index (Phi) is 5.61. The van der Waals surface area contributed by atoms with Crippen LogP contribution in [0.5, 0.6) is 0 Å². The molecule has 18 heavy (non-hydrogen) atoms. The molecule has 1 aromatic rings. The molecular weight excluding hydrogens is 292 g/mol. The van der Waals surface area contributed by atoms with E-state index in [0.29, 0.717) is 10.9 Å². The molecule has 104 valence electrons. The van der Waals surface area contributed by atoms with Crippen LogP contribution in [-0.2, 0) is 9.84 Å². The van der Waals surface area contributed by atoms with E-state index in [1.807, 2.05) is 31.0 Å². The molecule has 1 aromatic heterocycles. The third-order valence-electron chi connectivity index (χ3n) is 2.67. The predicted octanol–water partition coefficient (Wildman–Crippen LogP) is 1.77. The lowest BCUT2D eigenvalue weighted by Crippen LogP contribution is -2.38. The number of nitrogens with zero attached hydrogens (tertiary/aromatic N) is 1. The maximum absolute atomic E-state index is 11.2. The number of rotatable bonds is 6. The summed E-state index contributed by atoms with van der Waals surface area (Å²) in [6, 6.07) is 3.67. The van der Waals surface area contributed by atoms with Crippen LogP contribution >= 0.6 is 22.9 Å². The van der Waals surface area contributed by atoms with Gasteiger partial charge in [-0.05, 0) is 26.1 Å². The topological polar surface area (TPSA) is 63.4 Å². The Morgan fingerprint density at radius 3 is 2.50 bits per heavy atom. The summed E-state index contributed by atoms with van der Waals surface area (Å²) in [6.07, 6.45) is 1.24. The summed E-state index contributed by atoms with van der Waals surface area (Å²) in [6.45, 7) is 2.37. The Hall–Kier alpha value is -0.140. The molecule has 2 atom stereocenters. The summed E-state index contributed by atoms with van der Waals surface area (Å²) < 4.78 is 23.1. The Labute approximate surface area is 118 Å². The van der Waals surface area contributed by atoms with Crippen LogP contribution in [0, 0.1) is 0 Å². The zero-order valence-electron chi connectivity index (χ0n) is 10.8. The van der Waals surface area contributed by atoms with Crippen LogP contribution in [0.4, 0.5) is 0 Å². The highest BCUT2D eigenvalue weighted by Crippen LogP contribution is 2.31. The van der Waals surface area contributed by atoms with E-state index in [-0.39, 0.29) is 17.8 Å². The van der Waals surface area contributed by atoms with Gasteiger partial charge in [0.1, 0.15) is 9.84 Å². The zero-order valence-corrected chi connectivity index (χ0v) is 13.1. The van der Waals surface area contributed by atoms with E-state index in [2.05, 4.69) is 0 Å². The summed E-state index contributed by atoms with van der Waals surface area (Å²) in [7, 11) is -1.08. The summed E-state index contributed by atoms with van der Waals surface area (Å²) >= 11 is 7.41. The van der Waals surface area contributed by atoms with E-state index in [1.165, 1.54) is 17.6 Å². The second-order valence-electron chi connectivity index (χ2n) is 4.56. The number of hydrogen-bond acceptors (Lipinski definition) is 5. The first-order valence-corrected chi connectivity index (χ1v) is 8.85. The fourth-order valence-corrected chi connectivity index (χ4v) is 3.78. The van der Waals surface area contributed by atoms with Gasteiger partial charge in [0, 0.05) is 23.7 Å². The monoisotopic (exact) mass is 310 g/mol. The van der Waals surface area contributed by atoms with E-state index in [0.717, 1.165) is 4.88 Å². The van der Waals surface area contributed by atoms with Gasteiger partial charge in [-0.25, -0.2) is 8.42 Å². The Bertz CT molecular complexity index is 485. The molecule has 0 amide bonds. The van der Waals surface area contributed by atoms with Gasteiger partial charge in [-0.2, -0.15) is 0 Å². The number of sulfone groups is 1. The molecule has 0 aromatic carbocycles. The summed E-state index contributed by atoms with van der Waals surface area (Å²) in [4.78, 5) is 3.03. The molecular formula is C11H19ClN2O2S2.